The van der Waals surface area contributed by atoms with Crippen LogP contribution in [0.4, 0.5) is 4.79 Å². The van der Waals surface area contributed by atoms with Gasteiger partial charge in [0.05, 0.1) is 5.75 Å². The van der Waals surface area contributed by atoms with Crippen molar-refractivity contribution in [3.63, 3.8) is 0 Å². The van der Waals surface area contributed by atoms with E-state index < -0.39 is 33.9 Å². The van der Waals surface area contributed by atoms with Crippen LogP contribution >= 0.6 is 0 Å². The molecule has 0 aliphatic carbocycles. The summed E-state index contributed by atoms with van der Waals surface area (Å²) in [5.41, 5.74) is 0. The van der Waals surface area contributed by atoms with Gasteiger partial charge in [-0.1, -0.05) is 0 Å². The fraction of sp³-hybridized carbons (Fsp3) is 0.800. The van der Waals surface area contributed by atoms with Crippen LogP contribution < -0.4 is 5.32 Å². The van der Waals surface area contributed by atoms with Crippen molar-refractivity contribution in [2.75, 3.05) is 18.6 Å². The number of likely N-dealkylation sites (tertiary alicyclic amines) is 1. The summed E-state index contributed by atoms with van der Waals surface area (Å²) in [6.07, 6.45) is 2.17. The Hall–Kier alpha value is -1.31. The van der Waals surface area contributed by atoms with E-state index in [1.165, 1.54) is 4.90 Å². The normalized spacial score (nSPS) is 21.7. The highest BCUT2D eigenvalue weighted by atomic mass is 32.2. The first kappa shape index (κ1) is 14.7. The summed E-state index contributed by atoms with van der Waals surface area (Å²) >= 11 is 0. The first-order valence-corrected chi connectivity index (χ1v) is 7.74. The molecule has 1 aliphatic heterocycles. The van der Waals surface area contributed by atoms with E-state index in [1.54, 1.807) is 6.92 Å². The molecule has 1 fully saturated rings. The number of carbonyl (C=O) groups is 2. The molecule has 2 atom stereocenters. The SMILES string of the molecule is CC(CS(C)(=O)=O)NC(=O)N1CCC[C@@H]1C(=O)O. The summed E-state index contributed by atoms with van der Waals surface area (Å²) in [7, 11) is -3.17. The number of carboxylic acids is 1. The largest absolute Gasteiger partial charge is 0.480 e. The van der Waals surface area contributed by atoms with Gasteiger partial charge < -0.3 is 15.3 Å². The lowest BCUT2D eigenvalue weighted by Crippen LogP contribution is -2.49. The van der Waals surface area contributed by atoms with E-state index in [4.69, 9.17) is 5.11 Å². The van der Waals surface area contributed by atoms with Crippen LogP contribution in [0.25, 0.3) is 0 Å². The van der Waals surface area contributed by atoms with Crippen LogP contribution in [0.5, 0.6) is 0 Å². The number of hydrogen-bond donors (Lipinski definition) is 2. The lowest BCUT2D eigenvalue weighted by atomic mass is 10.2. The van der Waals surface area contributed by atoms with Gasteiger partial charge in [0, 0.05) is 18.8 Å². The van der Waals surface area contributed by atoms with Crippen molar-refractivity contribution in [3.8, 4) is 0 Å². The van der Waals surface area contributed by atoms with Crippen LogP contribution in [0.3, 0.4) is 0 Å². The second-order valence-electron chi connectivity index (χ2n) is 4.63. The van der Waals surface area contributed by atoms with E-state index in [1.807, 2.05) is 0 Å². The Kier molecular flexibility index (Phi) is 4.55. The van der Waals surface area contributed by atoms with E-state index >= 15 is 0 Å². The first-order chi connectivity index (χ1) is 8.20. The summed E-state index contributed by atoms with van der Waals surface area (Å²) in [4.78, 5) is 24.0. The molecule has 1 unspecified atom stereocenters. The van der Waals surface area contributed by atoms with Gasteiger partial charge in [-0.25, -0.2) is 18.0 Å². The minimum Gasteiger partial charge on any atom is -0.480 e. The standard InChI is InChI=1S/C10H18N2O5S/c1-7(6-18(2,16)17)11-10(15)12-5-3-4-8(12)9(13)14/h7-8H,3-6H2,1-2H3,(H,11,15)(H,13,14)/t7?,8-/m1/s1. The molecule has 0 aromatic rings. The molecular formula is C10H18N2O5S. The highest BCUT2D eigenvalue weighted by Gasteiger charge is 2.34. The summed E-state index contributed by atoms with van der Waals surface area (Å²) in [6.45, 7) is 1.96. The predicted molar refractivity (Wildman–Crippen MR) is 65.1 cm³/mol. The van der Waals surface area contributed by atoms with E-state index in [-0.39, 0.29) is 5.75 Å². The quantitative estimate of drug-likeness (QED) is 0.733. The second kappa shape index (κ2) is 5.55. The number of sulfone groups is 1. The van der Waals surface area contributed by atoms with E-state index in [2.05, 4.69) is 5.32 Å². The summed E-state index contributed by atoms with van der Waals surface area (Å²) in [5.74, 6) is -1.19. The Morgan fingerprint density at radius 2 is 2.11 bits per heavy atom. The Labute approximate surface area is 106 Å². The topological polar surface area (TPSA) is 104 Å². The number of amides is 2. The van der Waals surface area contributed by atoms with Gasteiger partial charge in [-0.3, -0.25) is 0 Å². The summed E-state index contributed by atoms with van der Waals surface area (Å²) in [5, 5.41) is 11.4. The number of rotatable bonds is 4. The van der Waals surface area contributed by atoms with Crippen molar-refractivity contribution in [1.29, 1.82) is 0 Å². The van der Waals surface area contributed by atoms with Crippen LogP contribution in [0.2, 0.25) is 0 Å². The Morgan fingerprint density at radius 1 is 1.50 bits per heavy atom. The highest BCUT2D eigenvalue weighted by molar-refractivity contribution is 7.90. The maximum Gasteiger partial charge on any atom is 0.326 e. The molecule has 0 aromatic carbocycles. The van der Waals surface area contributed by atoms with Gasteiger partial charge in [-0.15, -0.1) is 0 Å². The molecule has 2 amide bonds. The molecule has 2 N–H and O–H groups in total. The lowest BCUT2D eigenvalue weighted by molar-refractivity contribution is -0.141. The summed E-state index contributed by atoms with van der Waals surface area (Å²) in [6, 6.07) is -1.87. The molecule has 104 valence electrons. The number of nitrogens with zero attached hydrogens (tertiary/aromatic N) is 1. The zero-order valence-electron chi connectivity index (χ0n) is 10.4. The van der Waals surface area contributed by atoms with Crippen molar-refractivity contribution in [2.24, 2.45) is 0 Å². The Balaban J connectivity index is 2.57. The molecule has 7 nitrogen and oxygen atoms in total. The van der Waals surface area contributed by atoms with Gasteiger partial charge in [-0.05, 0) is 19.8 Å². The number of carbonyl (C=O) groups excluding carboxylic acids is 1. The molecule has 0 bridgehead atoms. The zero-order chi connectivity index (χ0) is 13.9. The van der Waals surface area contributed by atoms with Crippen molar-refractivity contribution in [2.45, 2.75) is 31.8 Å². The van der Waals surface area contributed by atoms with Crippen molar-refractivity contribution in [1.82, 2.24) is 10.2 Å². The predicted octanol–water partition coefficient (Wildman–Crippen LogP) is -0.322. The summed E-state index contributed by atoms with van der Waals surface area (Å²) < 4.78 is 22.1. The van der Waals surface area contributed by atoms with Gasteiger partial charge >= 0.3 is 12.0 Å². The average molecular weight is 278 g/mol. The smallest absolute Gasteiger partial charge is 0.326 e. The highest BCUT2D eigenvalue weighted by Crippen LogP contribution is 2.17. The average Bonchev–Trinajstić information content (AvgIpc) is 2.61. The number of nitrogens with one attached hydrogen (secondary N) is 1. The molecule has 18 heavy (non-hydrogen) atoms. The molecule has 1 aliphatic rings. The van der Waals surface area contributed by atoms with Gasteiger partial charge in [0.2, 0.25) is 0 Å². The minimum absolute atomic E-state index is 0.162. The molecular weight excluding hydrogens is 260 g/mol. The van der Waals surface area contributed by atoms with Crippen LogP contribution in [0, 0.1) is 0 Å². The molecule has 0 spiro atoms. The number of hydrogen-bond acceptors (Lipinski definition) is 4. The van der Waals surface area contributed by atoms with Crippen molar-refractivity contribution < 1.29 is 23.1 Å². The second-order valence-corrected chi connectivity index (χ2v) is 6.82. The maximum atomic E-state index is 11.8. The fourth-order valence-electron chi connectivity index (χ4n) is 2.06. The molecule has 1 saturated heterocycles. The third-order valence-electron chi connectivity index (χ3n) is 2.72. The molecule has 1 heterocycles. The van der Waals surface area contributed by atoms with Crippen LogP contribution in [0.1, 0.15) is 19.8 Å². The molecule has 8 heteroatoms. The monoisotopic (exact) mass is 278 g/mol. The lowest BCUT2D eigenvalue weighted by Gasteiger charge is -2.24. The Bertz CT molecular complexity index is 434. The third kappa shape index (κ3) is 4.17. The number of urea groups is 1. The van der Waals surface area contributed by atoms with Crippen LogP contribution in [-0.4, -0.2) is 61.1 Å². The first-order valence-electron chi connectivity index (χ1n) is 5.68. The number of carboxylic acid groups (broad SMARTS) is 1. The fourth-order valence-corrected chi connectivity index (χ4v) is 3.05. The van der Waals surface area contributed by atoms with E-state index in [0.717, 1.165) is 6.26 Å². The van der Waals surface area contributed by atoms with E-state index in [9.17, 15) is 18.0 Å². The maximum absolute atomic E-state index is 11.8. The molecule has 1 rings (SSSR count). The van der Waals surface area contributed by atoms with Gasteiger partial charge in [0.25, 0.3) is 0 Å². The van der Waals surface area contributed by atoms with Gasteiger partial charge in [0.15, 0.2) is 0 Å². The minimum atomic E-state index is -3.17. The van der Waals surface area contributed by atoms with E-state index in [0.29, 0.717) is 19.4 Å². The van der Waals surface area contributed by atoms with Gasteiger partial charge in [0.1, 0.15) is 15.9 Å². The van der Waals surface area contributed by atoms with Gasteiger partial charge in [-0.2, -0.15) is 0 Å². The molecule has 0 saturated carbocycles. The zero-order valence-corrected chi connectivity index (χ0v) is 11.2. The van der Waals surface area contributed by atoms with Crippen LogP contribution in [-0.2, 0) is 14.6 Å². The van der Waals surface area contributed by atoms with Crippen molar-refractivity contribution in [3.05, 3.63) is 0 Å². The Morgan fingerprint density at radius 3 is 2.61 bits per heavy atom. The molecule has 0 radical (unpaired) electrons. The van der Waals surface area contributed by atoms with Crippen LogP contribution in [0.15, 0.2) is 0 Å². The molecule has 0 aromatic heterocycles. The number of aliphatic carboxylic acids is 1. The third-order valence-corrected chi connectivity index (χ3v) is 3.83. The van der Waals surface area contributed by atoms with Crippen molar-refractivity contribution >= 4 is 21.8 Å².